The maximum absolute atomic E-state index is 9.75. The van der Waals surface area contributed by atoms with E-state index in [0.717, 1.165) is 24.3 Å². The monoisotopic (exact) mass is 233 g/mol. The highest BCUT2D eigenvalue weighted by Gasteiger charge is 2.21. The molecule has 0 N–H and O–H groups in total. The van der Waals surface area contributed by atoms with E-state index in [1.807, 2.05) is 0 Å². The molecule has 0 spiro atoms. The van der Waals surface area contributed by atoms with Crippen molar-refractivity contribution in [2.45, 2.75) is 27.2 Å². The van der Waals surface area contributed by atoms with Gasteiger partial charge in [-0.2, -0.15) is 4.65 Å². The van der Waals surface area contributed by atoms with Gasteiger partial charge in [0.05, 0.1) is 7.11 Å². The minimum atomic E-state index is -6.00. The molecule has 0 aromatic rings. The number of hydrogen-bond acceptors (Lipinski definition) is 1. The second-order valence-electron chi connectivity index (χ2n) is 3.09. The second-order valence-corrected chi connectivity index (χ2v) is 3.09. The largest absolute Gasteiger partial charge is 0.673 e. The van der Waals surface area contributed by atoms with Crippen molar-refractivity contribution in [3.8, 4) is 0 Å². The Labute approximate surface area is 88.9 Å². The van der Waals surface area contributed by atoms with E-state index in [9.17, 15) is 17.3 Å². The maximum Gasteiger partial charge on any atom is 0.673 e. The summed E-state index contributed by atoms with van der Waals surface area (Å²) in [5, 5.41) is 0. The highest BCUT2D eigenvalue weighted by Crippen LogP contribution is 2.07. The fraction of sp³-hybridized carbons (Fsp3) is 1.00. The Balaban J connectivity index is 0. The second kappa shape index (κ2) is 7.93. The Hall–Kier alpha value is -0.295. The molecule has 0 atom stereocenters. The highest BCUT2D eigenvalue weighted by atomic mass is 19.5. The predicted molar refractivity (Wildman–Crippen MR) is 53.7 cm³/mol. The molecule has 0 aromatic heterocycles. The molecule has 0 rings (SSSR count). The van der Waals surface area contributed by atoms with E-state index in [2.05, 4.69) is 20.8 Å². The fourth-order valence-corrected chi connectivity index (χ4v) is 1.30. The van der Waals surface area contributed by atoms with Crippen LogP contribution < -0.4 is 0 Å². The third-order valence-electron chi connectivity index (χ3n) is 2.17. The van der Waals surface area contributed by atoms with Gasteiger partial charge >= 0.3 is 7.25 Å². The first kappa shape index (κ1) is 17.1. The molecule has 2 nitrogen and oxygen atoms in total. The highest BCUT2D eigenvalue weighted by molar-refractivity contribution is 6.50. The van der Waals surface area contributed by atoms with Crippen LogP contribution in [-0.4, -0.2) is 38.6 Å². The van der Waals surface area contributed by atoms with Crippen molar-refractivity contribution in [3.63, 3.8) is 0 Å². The lowest BCUT2D eigenvalue weighted by molar-refractivity contribution is -1.10. The van der Waals surface area contributed by atoms with E-state index in [-0.39, 0.29) is 0 Å². The summed E-state index contributed by atoms with van der Waals surface area (Å²) in [5.74, 6) is 0. The molecule has 15 heavy (non-hydrogen) atoms. The van der Waals surface area contributed by atoms with Crippen molar-refractivity contribution >= 4 is 7.25 Å². The smallest absolute Gasteiger partial charge is 0.418 e. The quantitative estimate of drug-likeness (QED) is 0.307. The lowest BCUT2D eigenvalue weighted by Gasteiger charge is -2.31. The zero-order valence-electron chi connectivity index (χ0n) is 9.77. The number of nitrogens with zero attached hydrogens (tertiary/aromatic N) is 1. The van der Waals surface area contributed by atoms with Gasteiger partial charge < -0.3 is 17.3 Å². The van der Waals surface area contributed by atoms with Gasteiger partial charge in [-0.1, -0.05) is 6.92 Å². The average molecular weight is 233 g/mol. The van der Waals surface area contributed by atoms with Gasteiger partial charge in [0.15, 0.2) is 0 Å². The molecule has 0 aliphatic carbocycles. The first-order valence-electron chi connectivity index (χ1n) is 5.03. The van der Waals surface area contributed by atoms with Crippen LogP contribution in [0.1, 0.15) is 27.2 Å². The molecule has 0 aliphatic heterocycles. The fourth-order valence-electron chi connectivity index (χ4n) is 1.30. The summed E-state index contributed by atoms with van der Waals surface area (Å²) in [5.41, 5.74) is 0. The summed E-state index contributed by atoms with van der Waals surface area (Å²) in [6, 6.07) is 0. The number of halogens is 4. The summed E-state index contributed by atoms with van der Waals surface area (Å²) < 4.78 is 39.8. The van der Waals surface area contributed by atoms with Crippen LogP contribution in [0.3, 0.4) is 0 Å². The van der Waals surface area contributed by atoms with Gasteiger partial charge in [0.25, 0.3) is 0 Å². The van der Waals surface area contributed by atoms with Gasteiger partial charge in [-0.15, -0.1) is 0 Å². The minimum Gasteiger partial charge on any atom is -0.418 e. The molecule has 0 aromatic carbocycles. The van der Waals surface area contributed by atoms with Crippen LogP contribution in [0, 0.1) is 0 Å². The van der Waals surface area contributed by atoms with Gasteiger partial charge in [0.1, 0.15) is 19.6 Å². The predicted octanol–water partition coefficient (Wildman–Crippen LogP) is 3.11. The summed E-state index contributed by atoms with van der Waals surface area (Å²) in [6.07, 6.45) is 1.19. The normalized spacial score (nSPS) is 12.0. The number of hydroxylamine groups is 3. The minimum absolute atomic E-state index is 0.802. The van der Waals surface area contributed by atoms with E-state index < -0.39 is 7.25 Å². The SMILES string of the molecule is CCC[N+](CC)(CC)OC.F[B-](F)(F)F. The lowest BCUT2D eigenvalue weighted by atomic mass is 10.3. The molecule has 0 saturated heterocycles. The zero-order chi connectivity index (χ0) is 12.5. The maximum atomic E-state index is 9.75. The van der Waals surface area contributed by atoms with Crippen LogP contribution in [0.5, 0.6) is 0 Å². The Bertz CT molecular complexity index is 136. The first-order chi connectivity index (χ1) is 6.74. The summed E-state index contributed by atoms with van der Waals surface area (Å²) in [7, 11) is -4.21. The van der Waals surface area contributed by atoms with E-state index >= 15 is 0 Å². The molecular weight excluding hydrogens is 213 g/mol. The van der Waals surface area contributed by atoms with Crippen molar-refractivity contribution in [1.82, 2.24) is 0 Å². The Morgan fingerprint density at radius 3 is 1.40 bits per heavy atom. The van der Waals surface area contributed by atoms with E-state index in [0.29, 0.717) is 0 Å². The van der Waals surface area contributed by atoms with Crippen LogP contribution >= 0.6 is 0 Å². The molecule has 0 amide bonds. The van der Waals surface area contributed by atoms with Crippen LogP contribution in [0.25, 0.3) is 0 Å². The molecule has 94 valence electrons. The number of quaternary nitrogens is 1. The molecule has 0 fully saturated rings. The van der Waals surface area contributed by atoms with E-state index in [4.69, 9.17) is 4.84 Å². The lowest BCUT2D eigenvalue weighted by Crippen LogP contribution is -2.46. The molecule has 0 unspecified atom stereocenters. The summed E-state index contributed by atoms with van der Waals surface area (Å²) >= 11 is 0. The number of rotatable bonds is 5. The Morgan fingerprint density at radius 2 is 1.33 bits per heavy atom. The van der Waals surface area contributed by atoms with E-state index in [1.165, 1.54) is 6.42 Å². The van der Waals surface area contributed by atoms with Crippen LogP contribution in [-0.2, 0) is 4.84 Å². The van der Waals surface area contributed by atoms with Crippen molar-refractivity contribution in [3.05, 3.63) is 0 Å². The first-order valence-corrected chi connectivity index (χ1v) is 5.03. The van der Waals surface area contributed by atoms with Gasteiger partial charge in [-0.3, -0.25) is 0 Å². The van der Waals surface area contributed by atoms with Gasteiger partial charge in [0.2, 0.25) is 0 Å². The van der Waals surface area contributed by atoms with Gasteiger partial charge in [-0.05, 0) is 20.3 Å². The van der Waals surface area contributed by atoms with Gasteiger partial charge in [0, 0.05) is 0 Å². The van der Waals surface area contributed by atoms with Crippen molar-refractivity contribution in [2.24, 2.45) is 0 Å². The standard InChI is InChI=1S/C8H20NO.BF4/c1-5-8-9(6-2,7-3)10-4;2-1(3,4)5/h5-8H2,1-4H3;/q+1;-1. The molecule has 0 radical (unpaired) electrons. The molecular formula is C8H20BF4NO. The van der Waals surface area contributed by atoms with Crippen LogP contribution in [0.2, 0.25) is 0 Å². The van der Waals surface area contributed by atoms with Crippen molar-refractivity contribution in [2.75, 3.05) is 26.7 Å². The molecule has 7 heteroatoms. The topological polar surface area (TPSA) is 9.23 Å². The third-order valence-corrected chi connectivity index (χ3v) is 2.17. The molecule has 0 aliphatic rings. The summed E-state index contributed by atoms with van der Waals surface area (Å²) in [4.78, 5) is 5.41. The van der Waals surface area contributed by atoms with Gasteiger partial charge in [-0.25, -0.2) is 4.84 Å². The average Bonchev–Trinajstić information content (AvgIpc) is 2.12. The Kier molecular flexibility index (Phi) is 9.04. The Morgan fingerprint density at radius 1 is 1.00 bits per heavy atom. The molecule has 0 heterocycles. The zero-order valence-corrected chi connectivity index (χ0v) is 9.77. The molecule has 0 saturated carbocycles. The van der Waals surface area contributed by atoms with E-state index in [1.54, 1.807) is 7.11 Å². The number of hydrogen-bond donors (Lipinski definition) is 0. The van der Waals surface area contributed by atoms with Crippen LogP contribution in [0.15, 0.2) is 0 Å². The van der Waals surface area contributed by atoms with Crippen LogP contribution in [0.4, 0.5) is 17.3 Å². The molecule has 0 bridgehead atoms. The van der Waals surface area contributed by atoms with Crippen molar-refractivity contribution in [1.29, 1.82) is 0 Å². The summed E-state index contributed by atoms with van der Waals surface area (Å²) in [6.45, 7) is 9.80. The third kappa shape index (κ3) is 11.6. The van der Waals surface area contributed by atoms with Crippen molar-refractivity contribution < 1.29 is 26.7 Å².